The smallest absolute Gasteiger partial charge is 0.254 e. The second kappa shape index (κ2) is 8.28. The van der Waals surface area contributed by atoms with Crippen LogP contribution in [-0.4, -0.2) is 57.1 Å². The zero-order chi connectivity index (χ0) is 20.2. The van der Waals surface area contributed by atoms with Crippen molar-refractivity contribution >= 4 is 27.5 Å². The maximum absolute atomic E-state index is 12.9. The van der Waals surface area contributed by atoms with Crippen molar-refractivity contribution in [1.29, 1.82) is 0 Å². The zero-order valence-electron chi connectivity index (χ0n) is 15.1. The van der Waals surface area contributed by atoms with Gasteiger partial charge in [-0.15, -0.1) is 0 Å². The van der Waals surface area contributed by atoms with Crippen molar-refractivity contribution < 1.29 is 22.4 Å². The number of rotatable bonds is 6. The summed E-state index contributed by atoms with van der Waals surface area (Å²) in [6, 6.07) is 10.8. The molecule has 7 nitrogen and oxygen atoms in total. The molecule has 0 aliphatic carbocycles. The van der Waals surface area contributed by atoms with Crippen molar-refractivity contribution in [1.82, 2.24) is 9.21 Å². The maximum atomic E-state index is 12.9. The van der Waals surface area contributed by atoms with Crippen molar-refractivity contribution in [3.8, 4) is 0 Å². The Kier molecular flexibility index (Phi) is 6.29. The summed E-state index contributed by atoms with van der Waals surface area (Å²) in [6.45, 7) is -0.249. The van der Waals surface area contributed by atoms with Crippen LogP contribution in [-0.2, 0) is 14.8 Å². The van der Waals surface area contributed by atoms with E-state index in [0.717, 1.165) is 4.31 Å². The lowest BCUT2D eigenvalue weighted by molar-refractivity contribution is -0.116. The van der Waals surface area contributed by atoms with Crippen molar-refractivity contribution in [3.05, 3.63) is 59.9 Å². The summed E-state index contributed by atoms with van der Waals surface area (Å²) >= 11 is 0. The molecule has 0 saturated carbocycles. The van der Waals surface area contributed by atoms with Crippen LogP contribution in [0.2, 0.25) is 0 Å². The predicted octanol–water partition coefficient (Wildman–Crippen LogP) is 1.79. The Hall–Kier alpha value is -2.78. The summed E-state index contributed by atoms with van der Waals surface area (Å²) < 4.78 is 38.3. The Morgan fingerprint density at radius 2 is 1.67 bits per heavy atom. The molecule has 1 N–H and O–H groups in total. The summed E-state index contributed by atoms with van der Waals surface area (Å²) in [4.78, 5) is 25.7. The molecule has 9 heteroatoms. The first-order chi connectivity index (χ1) is 12.6. The zero-order valence-corrected chi connectivity index (χ0v) is 16.0. The average Bonchev–Trinajstić information content (AvgIpc) is 2.62. The number of anilines is 1. The van der Waals surface area contributed by atoms with Crippen molar-refractivity contribution in [3.63, 3.8) is 0 Å². The van der Waals surface area contributed by atoms with E-state index >= 15 is 0 Å². The van der Waals surface area contributed by atoms with Crippen LogP contribution in [0.25, 0.3) is 0 Å². The monoisotopic (exact) mass is 393 g/mol. The van der Waals surface area contributed by atoms with Gasteiger partial charge in [0.2, 0.25) is 15.9 Å². The van der Waals surface area contributed by atoms with Gasteiger partial charge in [0, 0.05) is 32.4 Å². The fourth-order valence-electron chi connectivity index (χ4n) is 2.24. The molecular weight excluding hydrogens is 373 g/mol. The van der Waals surface area contributed by atoms with E-state index in [1.165, 1.54) is 74.6 Å². The Bertz CT molecular complexity index is 943. The van der Waals surface area contributed by atoms with Crippen LogP contribution in [0.1, 0.15) is 10.4 Å². The number of amides is 2. The van der Waals surface area contributed by atoms with Crippen LogP contribution in [0.15, 0.2) is 53.4 Å². The van der Waals surface area contributed by atoms with E-state index in [9.17, 15) is 22.4 Å². The number of benzene rings is 2. The maximum Gasteiger partial charge on any atom is 0.254 e. The fraction of sp³-hybridized carbons (Fsp3) is 0.222. The van der Waals surface area contributed by atoms with Crippen molar-refractivity contribution in [2.24, 2.45) is 0 Å². The molecule has 0 bridgehead atoms. The minimum Gasteiger partial charge on any atom is -0.332 e. The molecule has 144 valence electrons. The molecule has 0 heterocycles. The lowest BCUT2D eigenvalue weighted by Gasteiger charge is -2.18. The topological polar surface area (TPSA) is 86.8 Å². The predicted molar refractivity (Wildman–Crippen MR) is 99.3 cm³/mol. The molecular formula is C18H20FN3O4S. The van der Waals surface area contributed by atoms with Gasteiger partial charge in [0.15, 0.2) is 0 Å². The van der Waals surface area contributed by atoms with Gasteiger partial charge in [0.1, 0.15) is 5.82 Å². The highest BCUT2D eigenvalue weighted by Gasteiger charge is 2.21. The molecule has 0 atom stereocenters. The largest absolute Gasteiger partial charge is 0.332 e. The van der Waals surface area contributed by atoms with E-state index in [2.05, 4.69) is 5.32 Å². The molecule has 2 aromatic rings. The summed E-state index contributed by atoms with van der Waals surface area (Å²) in [5.74, 6) is -1.39. The second-order valence-electron chi connectivity index (χ2n) is 6.03. The molecule has 0 spiro atoms. The average molecular weight is 393 g/mol. The van der Waals surface area contributed by atoms with E-state index in [1.807, 2.05) is 0 Å². The second-order valence-corrected chi connectivity index (χ2v) is 8.18. The summed E-state index contributed by atoms with van der Waals surface area (Å²) in [6.07, 6.45) is 0. The first-order valence-corrected chi connectivity index (χ1v) is 9.39. The molecule has 2 amide bonds. The van der Waals surface area contributed by atoms with Crippen LogP contribution in [0.4, 0.5) is 10.1 Å². The van der Waals surface area contributed by atoms with Gasteiger partial charge in [0.25, 0.3) is 5.91 Å². The molecule has 0 radical (unpaired) electrons. The van der Waals surface area contributed by atoms with Gasteiger partial charge in [-0.25, -0.2) is 17.1 Å². The number of carbonyl (C=O) groups is 2. The quantitative estimate of drug-likeness (QED) is 0.811. The third-order valence-corrected chi connectivity index (χ3v) is 5.53. The van der Waals surface area contributed by atoms with Gasteiger partial charge in [-0.2, -0.15) is 0 Å². The van der Waals surface area contributed by atoms with Gasteiger partial charge in [-0.05, 0) is 42.5 Å². The van der Waals surface area contributed by atoms with E-state index in [4.69, 9.17) is 0 Å². The summed E-state index contributed by atoms with van der Waals surface area (Å²) in [5.41, 5.74) is 0.552. The normalized spacial score (nSPS) is 11.3. The highest BCUT2D eigenvalue weighted by Crippen LogP contribution is 2.16. The SMILES string of the molecule is CN(CC(=O)Nc1ccc(F)cc1)C(=O)c1cccc(S(=O)(=O)N(C)C)c1. The van der Waals surface area contributed by atoms with Gasteiger partial charge >= 0.3 is 0 Å². The number of nitrogens with zero attached hydrogens (tertiary/aromatic N) is 2. The van der Waals surface area contributed by atoms with Crippen molar-refractivity contribution in [2.75, 3.05) is 33.0 Å². The number of sulfonamides is 1. The standard InChI is InChI=1S/C18H20FN3O4S/c1-21(2)27(25,26)16-6-4-5-13(11-16)18(24)22(3)12-17(23)20-15-9-7-14(19)8-10-15/h4-11H,12H2,1-3H3,(H,20,23). The number of carbonyl (C=O) groups excluding carboxylic acids is 2. The molecule has 0 fully saturated rings. The Labute approximate surface area is 157 Å². The lowest BCUT2D eigenvalue weighted by Crippen LogP contribution is -2.35. The number of likely N-dealkylation sites (N-methyl/N-ethyl adjacent to an activating group) is 1. The van der Waals surface area contributed by atoms with Crippen LogP contribution >= 0.6 is 0 Å². The minimum absolute atomic E-state index is 0.0116. The molecule has 0 aliphatic rings. The first kappa shape index (κ1) is 20.5. The number of hydrogen-bond acceptors (Lipinski definition) is 4. The molecule has 0 saturated heterocycles. The molecule has 27 heavy (non-hydrogen) atoms. The van der Waals surface area contributed by atoms with Crippen molar-refractivity contribution in [2.45, 2.75) is 4.90 Å². The fourth-order valence-corrected chi connectivity index (χ4v) is 3.19. The number of nitrogens with one attached hydrogen (secondary N) is 1. The Morgan fingerprint density at radius 3 is 2.26 bits per heavy atom. The lowest BCUT2D eigenvalue weighted by atomic mass is 10.2. The van der Waals surface area contributed by atoms with E-state index in [0.29, 0.717) is 5.69 Å². The molecule has 0 aromatic heterocycles. The Balaban J connectivity index is 2.08. The van der Waals surface area contributed by atoms with E-state index < -0.39 is 27.7 Å². The van der Waals surface area contributed by atoms with Crippen LogP contribution in [0.5, 0.6) is 0 Å². The van der Waals surface area contributed by atoms with Crippen LogP contribution < -0.4 is 5.32 Å². The highest BCUT2D eigenvalue weighted by molar-refractivity contribution is 7.89. The van der Waals surface area contributed by atoms with Gasteiger partial charge < -0.3 is 10.2 Å². The van der Waals surface area contributed by atoms with Crippen LogP contribution in [0.3, 0.4) is 0 Å². The molecule has 0 aliphatic heterocycles. The van der Waals surface area contributed by atoms with Crippen LogP contribution in [0, 0.1) is 5.82 Å². The van der Waals surface area contributed by atoms with Gasteiger partial charge in [-0.1, -0.05) is 6.07 Å². The summed E-state index contributed by atoms with van der Waals surface area (Å²) in [7, 11) is 0.554. The molecule has 2 aromatic carbocycles. The number of hydrogen-bond donors (Lipinski definition) is 1. The minimum atomic E-state index is -3.67. The highest BCUT2D eigenvalue weighted by atomic mass is 32.2. The number of halogens is 1. The van der Waals surface area contributed by atoms with E-state index in [1.54, 1.807) is 0 Å². The molecule has 2 rings (SSSR count). The van der Waals surface area contributed by atoms with Gasteiger partial charge in [0.05, 0.1) is 11.4 Å². The summed E-state index contributed by atoms with van der Waals surface area (Å²) in [5, 5.41) is 2.55. The third kappa shape index (κ3) is 5.11. The Morgan fingerprint density at radius 1 is 1.04 bits per heavy atom. The molecule has 0 unspecified atom stereocenters. The van der Waals surface area contributed by atoms with E-state index in [-0.39, 0.29) is 17.0 Å². The third-order valence-electron chi connectivity index (χ3n) is 3.72. The van der Waals surface area contributed by atoms with Gasteiger partial charge in [-0.3, -0.25) is 9.59 Å². The first-order valence-electron chi connectivity index (χ1n) is 7.95.